The summed E-state index contributed by atoms with van der Waals surface area (Å²) in [7, 11) is -3.86. The van der Waals surface area contributed by atoms with Crippen LogP contribution in [0, 0.1) is 0 Å². The average Bonchev–Trinajstić information content (AvgIpc) is 2.68. The highest BCUT2D eigenvalue weighted by Crippen LogP contribution is 2.18. The van der Waals surface area contributed by atoms with E-state index in [-0.39, 0.29) is 0 Å². The van der Waals surface area contributed by atoms with Crippen LogP contribution in [0.2, 0.25) is 0 Å². The van der Waals surface area contributed by atoms with Crippen molar-refractivity contribution in [1.29, 1.82) is 0 Å². The monoisotopic (exact) mass is 434 g/mol. The summed E-state index contributed by atoms with van der Waals surface area (Å²) in [5, 5.41) is 8.18. The van der Waals surface area contributed by atoms with Crippen molar-refractivity contribution >= 4 is 10.1 Å². The predicted octanol–water partition coefficient (Wildman–Crippen LogP) is 7.45. The Bertz CT molecular complexity index is 423. The molecule has 0 saturated carbocycles. The molecular formula is C24H50O4S. The molecule has 0 aromatic rings. The normalized spacial score (nSPS) is 13.1. The lowest BCUT2D eigenvalue weighted by Crippen LogP contribution is -2.20. The maximum absolute atomic E-state index is 11.3. The molecule has 0 aliphatic rings. The van der Waals surface area contributed by atoms with Gasteiger partial charge in [0.2, 0.25) is 0 Å². The summed E-state index contributed by atoms with van der Waals surface area (Å²) in [6.45, 7) is 2.31. The highest BCUT2D eigenvalue weighted by atomic mass is 32.2. The van der Waals surface area contributed by atoms with Gasteiger partial charge in [0, 0.05) is 6.61 Å². The van der Waals surface area contributed by atoms with Gasteiger partial charge in [-0.1, -0.05) is 122 Å². The predicted molar refractivity (Wildman–Crippen MR) is 125 cm³/mol. The van der Waals surface area contributed by atoms with Gasteiger partial charge >= 0.3 is 0 Å². The molecule has 0 spiro atoms. The van der Waals surface area contributed by atoms with Crippen molar-refractivity contribution in [1.82, 2.24) is 0 Å². The number of aliphatic hydroxyl groups excluding tert-OH is 1. The van der Waals surface area contributed by atoms with E-state index in [2.05, 4.69) is 0 Å². The topological polar surface area (TPSA) is 74.6 Å². The van der Waals surface area contributed by atoms with E-state index in [4.69, 9.17) is 5.11 Å². The van der Waals surface area contributed by atoms with Gasteiger partial charge in [-0.2, -0.15) is 8.42 Å². The Balaban J connectivity index is 3.24. The van der Waals surface area contributed by atoms with E-state index in [0.29, 0.717) is 19.4 Å². The lowest BCUT2D eigenvalue weighted by molar-refractivity contribution is 0.282. The van der Waals surface area contributed by atoms with Crippen molar-refractivity contribution in [2.75, 3.05) is 6.61 Å². The molecule has 0 bridgehead atoms. The Morgan fingerprint density at radius 3 is 1.14 bits per heavy atom. The molecule has 5 heteroatoms. The molecule has 1 atom stereocenters. The van der Waals surface area contributed by atoms with E-state index in [1.807, 2.05) is 6.92 Å². The van der Waals surface area contributed by atoms with Crippen LogP contribution in [0.15, 0.2) is 0 Å². The van der Waals surface area contributed by atoms with Crippen LogP contribution in [0.25, 0.3) is 0 Å². The molecule has 0 saturated heterocycles. The van der Waals surface area contributed by atoms with Crippen molar-refractivity contribution in [3.8, 4) is 0 Å². The quantitative estimate of drug-likeness (QED) is 0.129. The Hall–Kier alpha value is -0.130. The molecule has 0 amide bonds. The molecule has 29 heavy (non-hydrogen) atoms. The molecule has 0 aromatic heterocycles. The van der Waals surface area contributed by atoms with Gasteiger partial charge < -0.3 is 5.11 Å². The van der Waals surface area contributed by atoms with Gasteiger partial charge in [0.25, 0.3) is 10.1 Å². The van der Waals surface area contributed by atoms with Crippen molar-refractivity contribution in [2.24, 2.45) is 0 Å². The number of hydrogen-bond acceptors (Lipinski definition) is 3. The van der Waals surface area contributed by atoms with Crippen LogP contribution in [0.4, 0.5) is 0 Å². The molecule has 0 radical (unpaired) electrons. The van der Waals surface area contributed by atoms with Gasteiger partial charge in [0.15, 0.2) is 0 Å². The average molecular weight is 435 g/mol. The molecule has 0 heterocycles. The first-order valence-electron chi connectivity index (χ1n) is 12.6. The fourth-order valence-electron chi connectivity index (χ4n) is 4.08. The minimum atomic E-state index is -3.86. The lowest BCUT2D eigenvalue weighted by Gasteiger charge is -2.12. The van der Waals surface area contributed by atoms with Crippen molar-refractivity contribution in [2.45, 2.75) is 147 Å². The molecule has 176 valence electrons. The highest BCUT2D eigenvalue weighted by Gasteiger charge is 2.20. The molecular weight excluding hydrogens is 384 g/mol. The molecule has 0 aromatic carbocycles. The van der Waals surface area contributed by atoms with Crippen LogP contribution in [-0.4, -0.2) is 29.9 Å². The van der Waals surface area contributed by atoms with Crippen LogP contribution in [0.5, 0.6) is 0 Å². The van der Waals surface area contributed by atoms with E-state index in [1.54, 1.807) is 0 Å². The minimum Gasteiger partial charge on any atom is -0.396 e. The van der Waals surface area contributed by atoms with Crippen LogP contribution in [0.1, 0.15) is 142 Å². The first-order valence-corrected chi connectivity index (χ1v) is 14.1. The smallest absolute Gasteiger partial charge is 0.267 e. The van der Waals surface area contributed by atoms with Crippen molar-refractivity contribution in [3.63, 3.8) is 0 Å². The maximum Gasteiger partial charge on any atom is 0.267 e. The second-order valence-electron chi connectivity index (χ2n) is 8.80. The zero-order chi connectivity index (χ0) is 21.6. The summed E-state index contributed by atoms with van der Waals surface area (Å²) in [5.74, 6) is 0. The van der Waals surface area contributed by atoms with Crippen LogP contribution in [0.3, 0.4) is 0 Å². The third kappa shape index (κ3) is 20.9. The fraction of sp³-hybridized carbons (Fsp3) is 1.00. The molecule has 1 unspecified atom stereocenters. The lowest BCUT2D eigenvalue weighted by atomic mass is 10.0. The molecule has 0 aliphatic carbocycles. The van der Waals surface area contributed by atoms with Crippen LogP contribution < -0.4 is 0 Å². The fourth-order valence-corrected chi connectivity index (χ4v) is 5.07. The van der Waals surface area contributed by atoms with Gasteiger partial charge in [0.1, 0.15) is 0 Å². The Morgan fingerprint density at radius 1 is 0.552 bits per heavy atom. The van der Waals surface area contributed by atoms with Gasteiger partial charge in [-0.3, -0.25) is 4.55 Å². The largest absolute Gasteiger partial charge is 0.396 e. The Labute approximate surface area is 182 Å². The van der Waals surface area contributed by atoms with Crippen LogP contribution >= 0.6 is 0 Å². The van der Waals surface area contributed by atoms with Gasteiger partial charge in [-0.15, -0.1) is 0 Å². The Kier molecular flexibility index (Phi) is 21.0. The maximum atomic E-state index is 11.3. The highest BCUT2D eigenvalue weighted by molar-refractivity contribution is 7.86. The summed E-state index contributed by atoms with van der Waals surface area (Å²) in [6, 6.07) is 0. The zero-order valence-electron chi connectivity index (χ0n) is 19.3. The van der Waals surface area contributed by atoms with Crippen molar-refractivity contribution in [3.05, 3.63) is 0 Å². The summed E-state index contributed by atoms with van der Waals surface area (Å²) in [5.41, 5.74) is 0. The summed E-state index contributed by atoms with van der Waals surface area (Å²) in [6.07, 6.45) is 24.8. The number of aliphatic hydroxyl groups is 1. The van der Waals surface area contributed by atoms with Crippen molar-refractivity contribution < 1.29 is 18.1 Å². The minimum absolute atomic E-state index is 0.346. The van der Waals surface area contributed by atoms with Crippen LogP contribution in [-0.2, 0) is 10.1 Å². The molecule has 2 N–H and O–H groups in total. The van der Waals surface area contributed by atoms with Gasteiger partial charge in [-0.05, 0) is 19.3 Å². The van der Waals surface area contributed by atoms with E-state index in [0.717, 1.165) is 25.7 Å². The number of hydrogen-bond donors (Lipinski definition) is 2. The standard InChI is InChI=1S/C24H50O4S/c1-2-21-24(29(26,27)28)22-19-17-15-13-11-9-7-5-3-4-6-8-10-12-14-16-18-20-23-25/h24-25H,2-23H2,1H3,(H,26,27,28). The van der Waals surface area contributed by atoms with E-state index < -0.39 is 15.4 Å². The van der Waals surface area contributed by atoms with Gasteiger partial charge in [0.05, 0.1) is 5.25 Å². The zero-order valence-corrected chi connectivity index (χ0v) is 20.1. The first kappa shape index (κ1) is 28.9. The third-order valence-corrected chi connectivity index (χ3v) is 7.28. The first-order chi connectivity index (χ1) is 14.0. The van der Waals surface area contributed by atoms with E-state index in [1.165, 1.54) is 96.3 Å². The summed E-state index contributed by atoms with van der Waals surface area (Å²) < 4.78 is 31.8. The molecule has 4 nitrogen and oxygen atoms in total. The van der Waals surface area contributed by atoms with E-state index >= 15 is 0 Å². The molecule has 0 rings (SSSR count). The Morgan fingerprint density at radius 2 is 0.862 bits per heavy atom. The number of unbranched alkanes of at least 4 members (excludes halogenated alkanes) is 17. The number of rotatable bonds is 23. The van der Waals surface area contributed by atoms with Gasteiger partial charge in [-0.25, -0.2) is 0 Å². The second kappa shape index (κ2) is 21.1. The molecule has 0 fully saturated rings. The van der Waals surface area contributed by atoms with E-state index in [9.17, 15) is 13.0 Å². The second-order valence-corrected chi connectivity index (χ2v) is 10.5. The molecule has 0 aliphatic heterocycles. The third-order valence-electron chi connectivity index (χ3n) is 5.97. The summed E-state index contributed by atoms with van der Waals surface area (Å²) >= 11 is 0. The summed E-state index contributed by atoms with van der Waals surface area (Å²) in [4.78, 5) is 0. The SMILES string of the molecule is CCCC(CCCCCCCCCCCCCCCCCCCCO)S(=O)(=O)O.